The third-order valence-electron chi connectivity index (χ3n) is 9.04. The van der Waals surface area contributed by atoms with Gasteiger partial charge >= 0.3 is 0 Å². The molecule has 1 spiro atoms. The second-order valence-corrected chi connectivity index (χ2v) is 13.1. The Balaban J connectivity index is 1.52. The van der Waals surface area contributed by atoms with Gasteiger partial charge in [0.25, 0.3) is 11.8 Å². The maximum absolute atomic E-state index is 14.0. The van der Waals surface area contributed by atoms with Crippen molar-refractivity contribution >= 4 is 41.2 Å². The van der Waals surface area contributed by atoms with Crippen LogP contribution in [0.15, 0.2) is 78.6 Å². The summed E-state index contributed by atoms with van der Waals surface area (Å²) in [4.78, 5) is 43.3. The highest BCUT2D eigenvalue weighted by molar-refractivity contribution is 6.10. The largest absolute Gasteiger partial charge is 0.507 e. The predicted molar refractivity (Wildman–Crippen MR) is 182 cm³/mol. The molecule has 1 saturated heterocycles. The number of allylic oxidation sites excluding steroid dienone is 4. The van der Waals surface area contributed by atoms with Crippen LogP contribution in [0.3, 0.4) is 0 Å². The van der Waals surface area contributed by atoms with Crippen molar-refractivity contribution in [1.29, 1.82) is 0 Å². The molecule has 0 saturated carbocycles. The fourth-order valence-electron chi connectivity index (χ4n) is 6.29. The number of rotatable bonds is 8. The Morgan fingerprint density at radius 2 is 1.85 bits per heavy atom. The Hall–Kier alpha value is -5.11. The van der Waals surface area contributed by atoms with Crippen LogP contribution in [0.25, 0.3) is 23.1 Å². The van der Waals surface area contributed by atoms with Crippen LogP contribution in [0.2, 0.25) is 0 Å². The molecule has 0 unspecified atom stereocenters. The fraction of sp³-hybridized carbons (Fsp3) is 0.289. The summed E-state index contributed by atoms with van der Waals surface area (Å²) in [5.41, 5.74) is 2.49. The molecule has 1 fully saturated rings. The van der Waals surface area contributed by atoms with E-state index in [2.05, 4.69) is 22.2 Å². The minimum absolute atomic E-state index is 0.00724. The summed E-state index contributed by atoms with van der Waals surface area (Å²) < 4.78 is 0. The highest BCUT2D eigenvalue weighted by atomic mass is 16.3. The first kappa shape index (κ1) is 32.3. The number of aromatic amines is 1. The number of H-pyrrole nitrogens is 1. The van der Waals surface area contributed by atoms with Gasteiger partial charge in [-0.05, 0) is 50.8 Å². The molecule has 1 aliphatic heterocycles. The molecule has 3 aromatic rings. The van der Waals surface area contributed by atoms with Crippen molar-refractivity contribution in [3.8, 4) is 11.5 Å². The number of para-hydroxylation sites is 1. The van der Waals surface area contributed by atoms with E-state index < -0.39 is 22.8 Å². The quantitative estimate of drug-likeness (QED) is 0.0838. The van der Waals surface area contributed by atoms with Crippen molar-refractivity contribution in [2.24, 2.45) is 11.8 Å². The number of amides is 2. The van der Waals surface area contributed by atoms with Gasteiger partial charge in [0, 0.05) is 44.6 Å². The van der Waals surface area contributed by atoms with Gasteiger partial charge in [-0.1, -0.05) is 81.0 Å². The molecule has 1 aromatic heterocycles. The number of benzene rings is 2. The lowest BCUT2D eigenvalue weighted by atomic mass is 9.71. The van der Waals surface area contributed by atoms with Crippen LogP contribution in [0.4, 0.5) is 0 Å². The van der Waals surface area contributed by atoms with Gasteiger partial charge in [-0.2, -0.15) is 0 Å². The number of aromatic nitrogens is 1. The summed E-state index contributed by atoms with van der Waals surface area (Å²) in [5.74, 6) is -1.78. The number of fused-ring (bicyclic) bond motifs is 1. The van der Waals surface area contributed by atoms with Gasteiger partial charge in [-0.15, -0.1) is 6.58 Å². The van der Waals surface area contributed by atoms with Gasteiger partial charge in [0.05, 0.1) is 5.56 Å². The molecule has 3 atom stereocenters. The van der Waals surface area contributed by atoms with Gasteiger partial charge < -0.3 is 25.8 Å². The van der Waals surface area contributed by atoms with Gasteiger partial charge in [0.1, 0.15) is 22.7 Å². The number of phenolic OH excluding ortho intramolecular Hbond substituents is 2. The lowest BCUT2D eigenvalue weighted by Crippen LogP contribution is -2.68. The average Bonchev–Trinajstić information content (AvgIpc) is 3.39. The van der Waals surface area contributed by atoms with Crippen molar-refractivity contribution in [2.75, 3.05) is 0 Å². The monoisotopic (exact) mass is 619 g/mol. The lowest BCUT2D eigenvalue weighted by Gasteiger charge is -2.44. The number of piperazine rings is 1. The Kier molecular flexibility index (Phi) is 8.67. The minimum Gasteiger partial charge on any atom is -0.507 e. The molecule has 8 nitrogen and oxygen atoms in total. The number of hydrogen-bond acceptors (Lipinski definition) is 5. The molecule has 2 amide bonds. The van der Waals surface area contributed by atoms with Gasteiger partial charge in [0.15, 0.2) is 6.29 Å². The van der Waals surface area contributed by atoms with E-state index in [4.69, 9.17) is 0 Å². The predicted octanol–water partition coefficient (Wildman–Crippen LogP) is 6.62. The van der Waals surface area contributed by atoms with Gasteiger partial charge in [-0.25, -0.2) is 0 Å². The number of phenols is 2. The SMILES string of the molecule is C=CC(C)(C)c1[nH]c2ccccc2c1/C=C1\NC(=O)[C@]2(C[C@H](C)C=C[C@H]2/C=C/c2c(O)cc(CC=C(C)C)c(O)c2C=O)NC1=O. The highest BCUT2D eigenvalue weighted by Crippen LogP contribution is 2.39. The summed E-state index contributed by atoms with van der Waals surface area (Å²) in [7, 11) is 0. The molecule has 2 heterocycles. The zero-order chi connectivity index (χ0) is 33.4. The molecule has 2 aromatic carbocycles. The number of nitrogens with one attached hydrogen (secondary N) is 3. The molecular weight excluding hydrogens is 578 g/mol. The van der Waals surface area contributed by atoms with E-state index in [1.165, 1.54) is 12.1 Å². The third kappa shape index (κ3) is 5.83. The summed E-state index contributed by atoms with van der Waals surface area (Å²) in [6.07, 6.45) is 13.7. The highest BCUT2D eigenvalue weighted by Gasteiger charge is 2.50. The van der Waals surface area contributed by atoms with Crippen molar-refractivity contribution in [3.05, 3.63) is 107 Å². The van der Waals surface area contributed by atoms with E-state index in [1.807, 2.05) is 83.2 Å². The minimum atomic E-state index is -1.31. The topological polar surface area (TPSA) is 132 Å². The normalized spacial score (nSPS) is 22.3. The van der Waals surface area contributed by atoms with Crippen LogP contribution in [0.1, 0.15) is 73.8 Å². The fourth-order valence-corrected chi connectivity index (χ4v) is 6.29. The number of carbonyl (C=O) groups is 3. The second kappa shape index (κ2) is 12.4. The zero-order valence-electron chi connectivity index (χ0n) is 26.9. The van der Waals surface area contributed by atoms with Crippen LogP contribution in [0, 0.1) is 11.8 Å². The van der Waals surface area contributed by atoms with Crippen LogP contribution in [0.5, 0.6) is 11.5 Å². The smallest absolute Gasteiger partial charge is 0.268 e. The van der Waals surface area contributed by atoms with Crippen LogP contribution < -0.4 is 10.6 Å². The van der Waals surface area contributed by atoms with Crippen molar-refractivity contribution in [2.45, 2.75) is 58.4 Å². The third-order valence-corrected chi connectivity index (χ3v) is 9.04. The molecular formula is C38H41N3O5. The summed E-state index contributed by atoms with van der Waals surface area (Å²) in [6.45, 7) is 13.9. The lowest BCUT2D eigenvalue weighted by molar-refractivity contribution is -0.138. The standard InChI is InChI=1S/C38H41N3O5/c1-7-37(5,6)34-28(26-10-8-9-11-30(26)39-34)19-31-35(45)41-38(36(46)40-31)20-23(4)13-15-25(38)16-17-27-29(21-42)33(44)24(18-32(27)43)14-12-22(2)3/h7-13,15-19,21,23,25,39,43-44H,1,14,20H2,2-6H3,(H,40,46)(H,41,45)/b17-16+,31-19-/t23-,25+,38-/m1/s1. The Morgan fingerprint density at radius 3 is 2.54 bits per heavy atom. The van der Waals surface area contributed by atoms with E-state index in [9.17, 15) is 24.6 Å². The summed E-state index contributed by atoms with van der Waals surface area (Å²) >= 11 is 0. The first-order valence-electron chi connectivity index (χ1n) is 15.4. The van der Waals surface area contributed by atoms with Gasteiger partial charge in [-0.3, -0.25) is 14.4 Å². The molecule has 5 N–H and O–H groups in total. The first-order chi connectivity index (χ1) is 21.8. The maximum Gasteiger partial charge on any atom is 0.268 e. The molecule has 1 aliphatic carbocycles. The van der Waals surface area contributed by atoms with E-state index in [0.29, 0.717) is 24.7 Å². The van der Waals surface area contributed by atoms with E-state index in [-0.39, 0.29) is 40.1 Å². The molecule has 8 heteroatoms. The van der Waals surface area contributed by atoms with Gasteiger partial charge in [0.2, 0.25) is 0 Å². The second-order valence-electron chi connectivity index (χ2n) is 13.1. The molecule has 0 radical (unpaired) electrons. The van der Waals surface area contributed by atoms with Crippen molar-refractivity contribution < 1.29 is 24.6 Å². The van der Waals surface area contributed by atoms with E-state index >= 15 is 0 Å². The molecule has 5 rings (SSSR count). The Labute approximate surface area is 269 Å². The molecule has 238 valence electrons. The first-order valence-corrected chi connectivity index (χ1v) is 15.4. The summed E-state index contributed by atoms with van der Waals surface area (Å²) in [5, 5.41) is 28.5. The average molecular weight is 620 g/mol. The summed E-state index contributed by atoms with van der Waals surface area (Å²) in [6, 6.07) is 9.23. The Morgan fingerprint density at radius 1 is 1.11 bits per heavy atom. The van der Waals surface area contributed by atoms with E-state index in [0.717, 1.165) is 27.7 Å². The number of aldehydes is 1. The Bertz CT molecular complexity index is 1870. The van der Waals surface area contributed by atoms with Crippen LogP contribution in [-0.2, 0) is 21.4 Å². The molecule has 2 aliphatic rings. The van der Waals surface area contributed by atoms with E-state index in [1.54, 1.807) is 12.2 Å². The number of aromatic hydroxyl groups is 2. The van der Waals surface area contributed by atoms with Crippen LogP contribution >= 0.6 is 0 Å². The maximum atomic E-state index is 14.0. The number of hydrogen-bond donors (Lipinski definition) is 5. The zero-order valence-corrected chi connectivity index (χ0v) is 26.9. The van der Waals surface area contributed by atoms with Crippen molar-refractivity contribution in [1.82, 2.24) is 15.6 Å². The van der Waals surface area contributed by atoms with Crippen molar-refractivity contribution in [3.63, 3.8) is 0 Å². The van der Waals surface area contributed by atoms with Crippen LogP contribution in [-0.4, -0.2) is 38.8 Å². The molecule has 46 heavy (non-hydrogen) atoms. The number of carbonyl (C=O) groups excluding carboxylic acids is 3. The molecule has 0 bridgehead atoms.